The SMILES string of the molecule is CCc1cccc(S(C2=CC=CCC2)(c2ccccc2)c2ccc3c(c2)c2ccccc2n3C2=CCCC(C)C2)c1. The molecule has 5 aromatic rings. The van der Waals surface area contributed by atoms with Gasteiger partial charge in [-0.15, -0.1) is 10.0 Å². The van der Waals surface area contributed by atoms with Crippen molar-refractivity contribution in [3.63, 3.8) is 0 Å². The first-order valence-corrected chi connectivity index (χ1v) is 16.9. The van der Waals surface area contributed by atoms with E-state index in [1.165, 1.54) is 60.6 Å². The number of aryl methyl sites for hydroxylation is 1. The molecular weight excluding hydrogens is 515 g/mol. The molecule has 1 aromatic heterocycles. The molecule has 2 unspecified atom stereocenters. The van der Waals surface area contributed by atoms with Gasteiger partial charge in [0.2, 0.25) is 0 Å². The fraction of sp³-hybridized carbons (Fsp3) is 0.231. The summed E-state index contributed by atoms with van der Waals surface area (Å²) in [5.74, 6) is 0.720. The minimum Gasteiger partial charge on any atom is -0.313 e. The first-order valence-electron chi connectivity index (χ1n) is 15.3. The molecule has 2 aliphatic carbocycles. The van der Waals surface area contributed by atoms with Crippen LogP contribution in [0.2, 0.25) is 0 Å². The number of hydrogen-bond acceptors (Lipinski definition) is 0. The van der Waals surface area contributed by atoms with Crippen LogP contribution in [-0.4, -0.2) is 4.57 Å². The molecule has 0 bridgehead atoms. The molecule has 4 aromatic carbocycles. The maximum atomic E-state index is 2.56. The first kappa shape index (κ1) is 26.2. The topological polar surface area (TPSA) is 4.93 Å². The summed E-state index contributed by atoms with van der Waals surface area (Å²) in [7, 11) is -1.67. The van der Waals surface area contributed by atoms with Crippen molar-refractivity contribution in [1.82, 2.24) is 4.57 Å². The predicted octanol–water partition coefficient (Wildman–Crippen LogP) is 11.5. The van der Waals surface area contributed by atoms with Gasteiger partial charge in [0.15, 0.2) is 0 Å². The van der Waals surface area contributed by atoms with Gasteiger partial charge >= 0.3 is 0 Å². The standard InChI is InChI=1S/C39H39NS/c1-3-30-15-13-21-34(27-30)41(32-17-6-4-7-18-32,33-19-8-5-9-20-33)35-24-25-39-37(28-35)36-22-10-11-23-38(36)40(39)31-16-12-14-29(2)26-31/h4-8,10-11,13,15-19,21-25,27-29H,3,9,12,14,20,26H2,1-2H3. The average Bonchev–Trinajstić information content (AvgIpc) is 3.37. The Morgan fingerprint density at radius 3 is 2.34 bits per heavy atom. The minimum absolute atomic E-state index is 0.720. The zero-order chi connectivity index (χ0) is 27.8. The third-order valence-electron chi connectivity index (χ3n) is 9.01. The lowest BCUT2D eigenvalue weighted by atomic mass is 9.94. The summed E-state index contributed by atoms with van der Waals surface area (Å²) in [4.78, 5) is 5.84. The van der Waals surface area contributed by atoms with Crippen molar-refractivity contribution in [1.29, 1.82) is 0 Å². The first-order chi connectivity index (χ1) is 20.2. The fourth-order valence-corrected chi connectivity index (χ4v) is 11.2. The Morgan fingerprint density at radius 2 is 1.54 bits per heavy atom. The monoisotopic (exact) mass is 553 g/mol. The number of fused-ring (bicyclic) bond motifs is 3. The molecule has 2 atom stereocenters. The van der Waals surface area contributed by atoms with Crippen molar-refractivity contribution in [3.8, 4) is 0 Å². The number of nitrogens with zero attached hydrogens (tertiary/aromatic N) is 1. The normalized spacial score (nSPS) is 19.5. The van der Waals surface area contributed by atoms with E-state index in [-0.39, 0.29) is 0 Å². The average molecular weight is 554 g/mol. The van der Waals surface area contributed by atoms with Crippen LogP contribution in [-0.2, 0) is 6.42 Å². The van der Waals surface area contributed by atoms with E-state index in [4.69, 9.17) is 0 Å². The highest BCUT2D eigenvalue weighted by atomic mass is 32.3. The van der Waals surface area contributed by atoms with Gasteiger partial charge in [-0.1, -0.05) is 86.7 Å². The lowest BCUT2D eigenvalue weighted by Crippen LogP contribution is -2.09. The van der Waals surface area contributed by atoms with Crippen LogP contribution >= 0.6 is 10.0 Å². The third kappa shape index (κ3) is 4.41. The number of aromatic nitrogens is 1. The predicted molar refractivity (Wildman–Crippen MR) is 178 cm³/mol. The van der Waals surface area contributed by atoms with Crippen LogP contribution in [0.4, 0.5) is 0 Å². The molecule has 0 saturated carbocycles. The van der Waals surface area contributed by atoms with E-state index in [1.807, 2.05) is 0 Å². The van der Waals surface area contributed by atoms with E-state index < -0.39 is 10.0 Å². The lowest BCUT2D eigenvalue weighted by molar-refractivity contribution is 0.527. The molecule has 0 saturated heterocycles. The quantitative estimate of drug-likeness (QED) is 0.197. The molecule has 1 heterocycles. The third-order valence-corrected chi connectivity index (χ3v) is 13.0. The van der Waals surface area contributed by atoms with Crippen molar-refractivity contribution in [3.05, 3.63) is 132 Å². The van der Waals surface area contributed by atoms with Gasteiger partial charge in [0.05, 0.1) is 11.0 Å². The number of para-hydroxylation sites is 1. The highest BCUT2D eigenvalue weighted by molar-refractivity contribution is 8.37. The molecule has 2 aliphatic rings. The molecule has 0 spiro atoms. The summed E-state index contributed by atoms with van der Waals surface area (Å²) >= 11 is 0. The van der Waals surface area contributed by atoms with Crippen LogP contribution in [0, 0.1) is 5.92 Å². The molecule has 0 amide bonds. The summed E-state index contributed by atoms with van der Waals surface area (Å²) < 4.78 is 2.56. The van der Waals surface area contributed by atoms with E-state index in [1.54, 1.807) is 4.91 Å². The number of benzene rings is 4. The number of allylic oxidation sites excluding steroid dienone is 6. The molecule has 0 N–H and O–H groups in total. The van der Waals surface area contributed by atoms with E-state index in [0.29, 0.717) is 0 Å². The second-order valence-corrected chi connectivity index (χ2v) is 14.8. The van der Waals surface area contributed by atoms with Gasteiger partial charge in [-0.3, -0.25) is 0 Å². The van der Waals surface area contributed by atoms with Crippen molar-refractivity contribution < 1.29 is 0 Å². The molecule has 7 rings (SSSR count). The Morgan fingerprint density at radius 1 is 0.756 bits per heavy atom. The van der Waals surface area contributed by atoms with Crippen LogP contribution in [0.1, 0.15) is 51.5 Å². The largest absolute Gasteiger partial charge is 0.313 e. The summed E-state index contributed by atoms with van der Waals surface area (Å²) in [5.41, 5.74) is 5.52. The van der Waals surface area contributed by atoms with Crippen molar-refractivity contribution in [2.45, 2.75) is 67.1 Å². The Kier molecular flexibility index (Phi) is 6.96. The molecule has 0 fully saturated rings. The summed E-state index contributed by atoms with van der Waals surface area (Å²) in [5, 5.41) is 2.72. The second-order valence-electron chi connectivity index (χ2n) is 11.6. The van der Waals surface area contributed by atoms with Gasteiger partial charge in [-0.2, -0.15) is 0 Å². The van der Waals surface area contributed by atoms with Crippen LogP contribution in [0.15, 0.2) is 141 Å². The minimum atomic E-state index is -1.67. The Balaban J connectivity index is 1.56. The van der Waals surface area contributed by atoms with E-state index in [9.17, 15) is 0 Å². The van der Waals surface area contributed by atoms with Gasteiger partial charge in [-0.05, 0) is 103 Å². The Hall–Kier alpha value is -3.75. The van der Waals surface area contributed by atoms with Gasteiger partial charge in [-0.25, -0.2) is 0 Å². The van der Waals surface area contributed by atoms with E-state index in [2.05, 4.69) is 140 Å². The molecule has 0 radical (unpaired) electrons. The molecular formula is C39H39NS. The van der Waals surface area contributed by atoms with Gasteiger partial charge in [0.1, 0.15) is 0 Å². The Bertz CT molecular complexity index is 1820. The number of hydrogen-bond donors (Lipinski definition) is 0. The lowest BCUT2D eigenvalue weighted by Gasteiger charge is -2.44. The molecule has 41 heavy (non-hydrogen) atoms. The fourth-order valence-electron chi connectivity index (χ4n) is 6.99. The van der Waals surface area contributed by atoms with Crippen molar-refractivity contribution in [2.24, 2.45) is 5.92 Å². The molecule has 206 valence electrons. The van der Waals surface area contributed by atoms with Crippen LogP contribution in [0.5, 0.6) is 0 Å². The van der Waals surface area contributed by atoms with E-state index >= 15 is 0 Å². The molecule has 2 heteroatoms. The summed E-state index contributed by atoms with van der Waals surface area (Å²) in [6.45, 7) is 4.66. The Labute approximate surface area is 246 Å². The smallest absolute Gasteiger partial charge is 0.0538 e. The molecule has 1 nitrogen and oxygen atoms in total. The van der Waals surface area contributed by atoms with Gasteiger partial charge in [0.25, 0.3) is 0 Å². The van der Waals surface area contributed by atoms with Crippen LogP contribution < -0.4 is 0 Å². The van der Waals surface area contributed by atoms with Crippen molar-refractivity contribution >= 4 is 37.5 Å². The van der Waals surface area contributed by atoms with Crippen LogP contribution in [0.25, 0.3) is 27.5 Å². The zero-order valence-corrected chi connectivity index (χ0v) is 25.0. The van der Waals surface area contributed by atoms with Crippen LogP contribution in [0.3, 0.4) is 0 Å². The van der Waals surface area contributed by atoms with Gasteiger partial charge < -0.3 is 4.57 Å². The van der Waals surface area contributed by atoms with Gasteiger partial charge in [0, 0.05) is 31.2 Å². The summed E-state index contributed by atoms with van der Waals surface area (Å²) in [6.07, 6.45) is 16.3. The maximum Gasteiger partial charge on any atom is 0.0538 e. The highest BCUT2D eigenvalue weighted by Crippen LogP contribution is 2.74. The van der Waals surface area contributed by atoms with E-state index in [0.717, 1.165) is 31.6 Å². The second kappa shape index (κ2) is 10.9. The molecule has 0 aliphatic heterocycles. The highest BCUT2D eigenvalue weighted by Gasteiger charge is 2.35. The maximum absolute atomic E-state index is 2.56. The summed E-state index contributed by atoms with van der Waals surface area (Å²) in [6, 6.07) is 37.3. The van der Waals surface area contributed by atoms with Crippen molar-refractivity contribution in [2.75, 3.05) is 0 Å². The number of rotatable bonds is 6. The zero-order valence-electron chi connectivity index (χ0n) is 24.2.